The Kier molecular flexibility index (Phi) is 4.34. The van der Waals surface area contributed by atoms with E-state index in [9.17, 15) is 9.59 Å². The maximum absolute atomic E-state index is 12.9. The molecule has 0 aromatic heterocycles. The second-order valence-corrected chi connectivity index (χ2v) is 25.7. The molecule has 2 aliphatic carbocycles. The molecule has 8 aromatic rings. The monoisotopic (exact) mass is 600 g/mol. The molecule has 8 aromatic carbocycles. The number of rotatable bonds is 4. The molecule has 4 heteroatoms. The van der Waals surface area contributed by atoms with Crippen molar-refractivity contribution in [3.05, 3.63) is 82.4 Å². The zero-order valence-corrected chi connectivity index (χ0v) is 28.0. The van der Waals surface area contributed by atoms with Crippen LogP contribution in [0.25, 0.3) is 75.8 Å². The molecule has 1 unspecified atom stereocenters. The van der Waals surface area contributed by atoms with E-state index in [0.29, 0.717) is 17.0 Å². The zero-order valence-electron chi connectivity index (χ0n) is 26.0. The van der Waals surface area contributed by atoms with Crippen molar-refractivity contribution in [3.8, 4) is 11.1 Å². The number of carbonyl (C=O) groups is 2. The molecule has 2 aliphatic rings. The largest absolute Gasteiger partial charge is 0.298 e. The van der Waals surface area contributed by atoms with Gasteiger partial charge in [-0.15, -0.1) is 0 Å². The Balaban J connectivity index is 1.48. The van der Waals surface area contributed by atoms with Crippen LogP contribution in [-0.4, -0.2) is 28.7 Å². The Morgan fingerprint density at radius 1 is 0.545 bits per heavy atom. The van der Waals surface area contributed by atoms with E-state index >= 15 is 0 Å². The van der Waals surface area contributed by atoms with Crippen LogP contribution in [0.1, 0.15) is 43.3 Å². The Morgan fingerprint density at radius 2 is 1.18 bits per heavy atom. The Hall–Kier alpha value is -4.13. The fourth-order valence-corrected chi connectivity index (χ4v) is 11.5. The van der Waals surface area contributed by atoms with Crippen molar-refractivity contribution >= 4 is 104 Å². The smallest absolute Gasteiger partial charge is 0.151 e. The summed E-state index contributed by atoms with van der Waals surface area (Å²) in [5.74, 6) is 0.302. The van der Waals surface area contributed by atoms with Crippen LogP contribution in [0.15, 0.2) is 54.6 Å². The summed E-state index contributed by atoms with van der Waals surface area (Å²) in [7, 11) is -3.06. The van der Waals surface area contributed by atoms with Gasteiger partial charge in [-0.1, -0.05) is 86.1 Å². The maximum atomic E-state index is 12.9. The van der Waals surface area contributed by atoms with E-state index in [1.165, 1.54) is 92.1 Å². The summed E-state index contributed by atoms with van der Waals surface area (Å²) in [5, 5.41) is 17.6. The number of benzene rings is 6. The lowest BCUT2D eigenvalue weighted by molar-refractivity contribution is 0.109. The van der Waals surface area contributed by atoms with Crippen LogP contribution in [0.4, 0.5) is 0 Å². The first kappa shape index (κ1) is 25.2. The second-order valence-electron chi connectivity index (χ2n) is 15.6. The summed E-state index contributed by atoms with van der Waals surface area (Å²) in [4.78, 5) is 25.8. The van der Waals surface area contributed by atoms with Gasteiger partial charge in [0.1, 0.15) is 0 Å². The van der Waals surface area contributed by atoms with Crippen molar-refractivity contribution in [2.45, 2.75) is 51.6 Å². The molecular weight excluding hydrogens is 569 g/mol. The van der Waals surface area contributed by atoms with Crippen molar-refractivity contribution in [1.82, 2.24) is 0 Å². The molecule has 2 nitrogen and oxygen atoms in total. The molecule has 0 saturated heterocycles. The van der Waals surface area contributed by atoms with Gasteiger partial charge in [0, 0.05) is 17.0 Å². The third kappa shape index (κ3) is 2.71. The van der Waals surface area contributed by atoms with Gasteiger partial charge in [0.2, 0.25) is 0 Å². The third-order valence-electron chi connectivity index (χ3n) is 11.3. The fraction of sp³-hybridized carbons (Fsp3) is 0.200. The maximum Gasteiger partial charge on any atom is 0.151 e. The average molecular weight is 601 g/mol. The normalized spacial score (nSPS) is 16.3. The number of fused-ring (bicyclic) bond motifs is 6. The number of hydrogen-bond donors (Lipinski definition) is 0. The minimum absolute atomic E-state index is 0.302. The molecule has 0 bridgehead atoms. The van der Waals surface area contributed by atoms with E-state index in [2.05, 4.69) is 93.9 Å². The van der Waals surface area contributed by atoms with E-state index in [1.54, 1.807) is 0 Å². The van der Waals surface area contributed by atoms with Gasteiger partial charge >= 0.3 is 0 Å². The SMILES string of the molecule is C[Si](C)(C)c1ccc2c(c1)C1Cc3cc4c5cc([Si](C)(C)C)ccc5c5cc6c(C=O)c(C=O)c7cc-2c1c1c3c(c45)c6c71. The Labute approximate surface area is 257 Å². The van der Waals surface area contributed by atoms with E-state index < -0.39 is 16.1 Å². The molecule has 10 rings (SSSR count). The lowest BCUT2D eigenvalue weighted by atomic mass is 9.80. The minimum atomic E-state index is -1.54. The van der Waals surface area contributed by atoms with E-state index in [1.807, 2.05) is 0 Å². The molecule has 0 aliphatic heterocycles. The Morgan fingerprint density at radius 3 is 1.89 bits per heavy atom. The molecule has 0 spiro atoms. The van der Waals surface area contributed by atoms with E-state index in [0.717, 1.165) is 29.8 Å². The summed E-state index contributed by atoms with van der Waals surface area (Å²) in [6.07, 6.45) is 2.83. The zero-order chi connectivity index (χ0) is 30.2. The molecule has 0 amide bonds. The van der Waals surface area contributed by atoms with Gasteiger partial charge in [0.05, 0.1) is 16.1 Å². The van der Waals surface area contributed by atoms with Crippen molar-refractivity contribution < 1.29 is 9.59 Å². The number of carbonyl (C=O) groups excluding carboxylic acids is 2. The van der Waals surface area contributed by atoms with Crippen molar-refractivity contribution in [3.63, 3.8) is 0 Å². The van der Waals surface area contributed by atoms with Gasteiger partial charge in [0.15, 0.2) is 12.6 Å². The van der Waals surface area contributed by atoms with Crippen LogP contribution >= 0.6 is 0 Å². The molecule has 212 valence electrons. The molecule has 0 saturated carbocycles. The average Bonchev–Trinajstić information content (AvgIpc) is 3.61. The lowest BCUT2D eigenvalue weighted by Crippen LogP contribution is -2.37. The quantitative estimate of drug-likeness (QED) is 0.115. The van der Waals surface area contributed by atoms with Crippen molar-refractivity contribution in [2.24, 2.45) is 0 Å². The highest BCUT2D eigenvalue weighted by Gasteiger charge is 2.40. The van der Waals surface area contributed by atoms with Crippen molar-refractivity contribution in [1.29, 1.82) is 0 Å². The van der Waals surface area contributed by atoms with Crippen LogP contribution in [0.5, 0.6) is 0 Å². The van der Waals surface area contributed by atoms with E-state index in [4.69, 9.17) is 0 Å². The predicted octanol–water partition coefficient (Wildman–Crippen LogP) is 9.30. The summed E-state index contributed by atoms with van der Waals surface area (Å²) in [6.45, 7) is 14.5. The van der Waals surface area contributed by atoms with Gasteiger partial charge in [-0.25, -0.2) is 0 Å². The summed E-state index contributed by atoms with van der Waals surface area (Å²) < 4.78 is 0. The number of aldehydes is 2. The molecular formula is C40H32O2Si2. The van der Waals surface area contributed by atoms with Crippen LogP contribution in [0.2, 0.25) is 39.3 Å². The topological polar surface area (TPSA) is 34.1 Å². The third-order valence-corrected chi connectivity index (χ3v) is 15.4. The molecule has 1 atom stereocenters. The highest BCUT2D eigenvalue weighted by molar-refractivity contribution is 6.89. The van der Waals surface area contributed by atoms with Gasteiger partial charge in [-0.05, 0) is 117 Å². The van der Waals surface area contributed by atoms with Crippen LogP contribution in [0.3, 0.4) is 0 Å². The molecule has 44 heavy (non-hydrogen) atoms. The molecule has 0 fully saturated rings. The van der Waals surface area contributed by atoms with Gasteiger partial charge in [0.25, 0.3) is 0 Å². The van der Waals surface area contributed by atoms with Gasteiger partial charge in [-0.3, -0.25) is 9.59 Å². The summed E-state index contributed by atoms with van der Waals surface area (Å²) in [5.41, 5.74) is 7.90. The van der Waals surface area contributed by atoms with Crippen LogP contribution in [-0.2, 0) is 6.42 Å². The molecule has 0 heterocycles. The predicted molar refractivity (Wildman–Crippen MR) is 193 cm³/mol. The first-order valence-corrected chi connectivity index (χ1v) is 22.8. The highest BCUT2D eigenvalue weighted by atomic mass is 28.3. The van der Waals surface area contributed by atoms with Crippen molar-refractivity contribution in [2.75, 3.05) is 0 Å². The second kappa shape index (κ2) is 7.56. The highest BCUT2D eigenvalue weighted by Crippen LogP contribution is 2.61. The lowest BCUT2D eigenvalue weighted by Gasteiger charge is -2.23. The van der Waals surface area contributed by atoms with Gasteiger partial charge < -0.3 is 0 Å². The molecule has 0 radical (unpaired) electrons. The van der Waals surface area contributed by atoms with E-state index in [-0.39, 0.29) is 0 Å². The molecule has 0 N–H and O–H groups in total. The van der Waals surface area contributed by atoms with Crippen LogP contribution in [0, 0.1) is 0 Å². The standard InChI is InChI=1S/C40H32O2Si2/c1-43(2,3)20-7-9-22-24(13-20)26-11-19-12-27-25-14-21(44(4,5)6)8-10-23(25)29-16-31-33(18-42)32(17-41)30-15-28(22)35(26)39-34(19)40(36(27)29)38(31)37(30)39/h7-11,13-18,27H,12H2,1-6H3. The minimum Gasteiger partial charge on any atom is -0.298 e. The first-order chi connectivity index (χ1) is 21.0. The van der Waals surface area contributed by atoms with Gasteiger partial charge in [-0.2, -0.15) is 0 Å². The summed E-state index contributed by atoms with van der Waals surface area (Å²) in [6, 6.07) is 21.3. The number of hydrogen-bond acceptors (Lipinski definition) is 2. The first-order valence-electron chi connectivity index (χ1n) is 15.8. The summed E-state index contributed by atoms with van der Waals surface area (Å²) >= 11 is 0. The fourth-order valence-electron chi connectivity index (χ4n) is 9.21. The van der Waals surface area contributed by atoms with Crippen LogP contribution < -0.4 is 10.4 Å². The Bertz CT molecular complexity index is 2630.